The molecule has 1 aromatic carbocycles. The Bertz CT molecular complexity index is 316. The van der Waals surface area contributed by atoms with Crippen molar-refractivity contribution in [3.63, 3.8) is 0 Å². The average Bonchev–Trinajstić information content (AvgIpc) is 2.33. The summed E-state index contributed by atoms with van der Waals surface area (Å²) in [7, 11) is 0. The summed E-state index contributed by atoms with van der Waals surface area (Å²) in [6, 6.07) is 11.4. The summed E-state index contributed by atoms with van der Waals surface area (Å²) in [5, 5.41) is 3.67. The Morgan fingerprint density at radius 3 is 2.39 bits per heavy atom. The van der Waals surface area contributed by atoms with Crippen LogP contribution in [0.15, 0.2) is 30.3 Å². The minimum atomic E-state index is 0.350. The van der Waals surface area contributed by atoms with Gasteiger partial charge in [-0.2, -0.15) is 11.8 Å². The van der Waals surface area contributed by atoms with Crippen LogP contribution in [0.3, 0.4) is 0 Å². The van der Waals surface area contributed by atoms with E-state index in [0.717, 1.165) is 13.0 Å². The van der Waals surface area contributed by atoms with Crippen molar-refractivity contribution in [3.05, 3.63) is 35.9 Å². The van der Waals surface area contributed by atoms with Crippen LogP contribution in [0.1, 0.15) is 39.7 Å². The van der Waals surface area contributed by atoms with Crippen LogP contribution in [0.25, 0.3) is 0 Å². The number of nitrogens with one attached hydrogen (secondary N) is 1. The van der Waals surface area contributed by atoms with Gasteiger partial charge in [-0.15, -0.1) is 0 Å². The van der Waals surface area contributed by atoms with Gasteiger partial charge in [0.05, 0.1) is 0 Å². The standard InChI is InChI=1S/C16H27NS/c1-5-11-17-15(13-18-16(2,3)4)12-14-9-7-6-8-10-14/h6-10,15,17H,5,11-13H2,1-4H3. The Morgan fingerprint density at radius 2 is 1.83 bits per heavy atom. The molecule has 0 saturated carbocycles. The first-order valence-corrected chi connectivity index (χ1v) is 7.91. The molecule has 0 aliphatic rings. The lowest BCUT2D eigenvalue weighted by Crippen LogP contribution is -2.35. The average molecular weight is 265 g/mol. The van der Waals surface area contributed by atoms with E-state index in [1.165, 1.54) is 17.7 Å². The van der Waals surface area contributed by atoms with Crippen molar-refractivity contribution in [2.45, 2.75) is 51.3 Å². The molecule has 0 saturated heterocycles. The Hall–Kier alpha value is -0.470. The molecule has 1 nitrogen and oxygen atoms in total. The van der Waals surface area contributed by atoms with E-state index in [4.69, 9.17) is 0 Å². The van der Waals surface area contributed by atoms with Crippen LogP contribution < -0.4 is 5.32 Å². The van der Waals surface area contributed by atoms with Gasteiger partial charge in [-0.1, -0.05) is 58.0 Å². The fraction of sp³-hybridized carbons (Fsp3) is 0.625. The van der Waals surface area contributed by atoms with Crippen molar-refractivity contribution >= 4 is 11.8 Å². The van der Waals surface area contributed by atoms with Gasteiger partial charge in [0.2, 0.25) is 0 Å². The highest BCUT2D eigenvalue weighted by Gasteiger charge is 2.15. The van der Waals surface area contributed by atoms with Gasteiger partial charge in [0.15, 0.2) is 0 Å². The van der Waals surface area contributed by atoms with E-state index in [1.54, 1.807) is 0 Å². The molecule has 1 N–H and O–H groups in total. The number of rotatable bonds is 7. The molecule has 0 aliphatic heterocycles. The van der Waals surface area contributed by atoms with Crippen LogP contribution in [0.5, 0.6) is 0 Å². The first-order valence-electron chi connectivity index (χ1n) is 6.92. The predicted molar refractivity (Wildman–Crippen MR) is 84.4 cm³/mol. The van der Waals surface area contributed by atoms with Gasteiger partial charge in [-0.25, -0.2) is 0 Å². The fourth-order valence-corrected chi connectivity index (χ4v) is 2.72. The van der Waals surface area contributed by atoms with Crippen LogP contribution in [-0.4, -0.2) is 23.1 Å². The van der Waals surface area contributed by atoms with Crippen LogP contribution in [-0.2, 0) is 6.42 Å². The van der Waals surface area contributed by atoms with E-state index >= 15 is 0 Å². The minimum absolute atomic E-state index is 0.350. The third-order valence-electron chi connectivity index (χ3n) is 2.73. The van der Waals surface area contributed by atoms with Gasteiger partial charge in [0.1, 0.15) is 0 Å². The number of thioether (sulfide) groups is 1. The number of hydrogen-bond acceptors (Lipinski definition) is 2. The normalized spacial score (nSPS) is 13.6. The molecular weight excluding hydrogens is 238 g/mol. The third-order valence-corrected chi connectivity index (χ3v) is 4.16. The molecule has 0 bridgehead atoms. The highest BCUT2D eigenvalue weighted by Crippen LogP contribution is 2.24. The largest absolute Gasteiger partial charge is 0.313 e. The molecule has 0 heterocycles. The van der Waals surface area contributed by atoms with Gasteiger partial charge in [0.25, 0.3) is 0 Å². The van der Waals surface area contributed by atoms with Gasteiger partial charge in [-0.3, -0.25) is 0 Å². The number of benzene rings is 1. The second kappa shape index (κ2) is 7.85. The zero-order chi connectivity index (χ0) is 13.4. The second-order valence-electron chi connectivity index (χ2n) is 5.76. The van der Waals surface area contributed by atoms with Crippen molar-refractivity contribution in [3.8, 4) is 0 Å². The molecule has 18 heavy (non-hydrogen) atoms. The molecule has 0 spiro atoms. The van der Waals surface area contributed by atoms with E-state index in [-0.39, 0.29) is 0 Å². The van der Waals surface area contributed by atoms with E-state index < -0.39 is 0 Å². The summed E-state index contributed by atoms with van der Waals surface area (Å²) in [4.78, 5) is 0. The second-order valence-corrected chi connectivity index (χ2v) is 7.61. The molecular formula is C16H27NS. The molecule has 1 rings (SSSR count). The van der Waals surface area contributed by atoms with Crippen molar-refractivity contribution in [2.75, 3.05) is 12.3 Å². The van der Waals surface area contributed by atoms with Crippen molar-refractivity contribution in [1.82, 2.24) is 5.32 Å². The summed E-state index contributed by atoms with van der Waals surface area (Å²) in [6.07, 6.45) is 2.33. The third kappa shape index (κ3) is 7.07. The van der Waals surface area contributed by atoms with Gasteiger partial charge in [-0.05, 0) is 24.9 Å². The lowest BCUT2D eigenvalue weighted by molar-refractivity contribution is 0.548. The van der Waals surface area contributed by atoms with E-state index in [0.29, 0.717) is 10.8 Å². The molecule has 1 unspecified atom stereocenters. The van der Waals surface area contributed by atoms with Crippen LogP contribution in [0.4, 0.5) is 0 Å². The SMILES string of the molecule is CCCNC(CSC(C)(C)C)Cc1ccccc1. The summed E-state index contributed by atoms with van der Waals surface area (Å²) in [5.41, 5.74) is 1.43. The first kappa shape index (κ1) is 15.6. The molecule has 2 heteroatoms. The molecule has 0 aromatic heterocycles. The molecule has 102 valence electrons. The molecule has 0 radical (unpaired) electrons. The fourth-order valence-electron chi connectivity index (χ4n) is 1.79. The maximum atomic E-state index is 3.67. The monoisotopic (exact) mass is 265 g/mol. The van der Waals surface area contributed by atoms with E-state index in [9.17, 15) is 0 Å². The van der Waals surface area contributed by atoms with Crippen molar-refractivity contribution in [2.24, 2.45) is 0 Å². The smallest absolute Gasteiger partial charge is 0.0198 e. The predicted octanol–water partition coefficient (Wildman–Crippen LogP) is 4.13. The van der Waals surface area contributed by atoms with Crippen LogP contribution >= 0.6 is 11.8 Å². The molecule has 1 atom stereocenters. The van der Waals surface area contributed by atoms with E-state index in [2.05, 4.69) is 63.3 Å². The van der Waals surface area contributed by atoms with Gasteiger partial charge < -0.3 is 5.32 Å². The summed E-state index contributed by atoms with van der Waals surface area (Å²) >= 11 is 2.05. The lowest BCUT2D eigenvalue weighted by Gasteiger charge is -2.24. The summed E-state index contributed by atoms with van der Waals surface area (Å²) < 4.78 is 0.350. The molecule has 0 fully saturated rings. The van der Waals surface area contributed by atoms with Crippen LogP contribution in [0, 0.1) is 0 Å². The maximum Gasteiger partial charge on any atom is 0.0198 e. The Kier molecular flexibility index (Phi) is 6.80. The highest BCUT2D eigenvalue weighted by molar-refractivity contribution is 8.00. The lowest BCUT2D eigenvalue weighted by atomic mass is 10.1. The molecule has 1 aromatic rings. The van der Waals surface area contributed by atoms with Gasteiger partial charge in [0, 0.05) is 16.5 Å². The summed E-state index contributed by atoms with van der Waals surface area (Å²) in [5.74, 6) is 1.18. The quantitative estimate of drug-likeness (QED) is 0.795. The van der Waals surface area contributed by atoms with Crippen molar-refractivity contribution < 1.29 is 0 Å². The topological polar surface area (TPSA) is 12.0 Å². The van der Waals surface area contributed by atoms with E-state index in [1.807, 2.05) is 11.8 Å². The highest BCUT2D eigenvalue weighted by atomic mass is 32.2. The van der Waals surface area contributed by atoms with Gasteiger partial charge >= 0.3 is 0 Å². The Labute approximate surface area is 117 Å². The Balaban J connectivity index is 2.50. The zero-order valence-electron chi connectivity index (χ0n) is 12.2. The molecule has 0 amide bonds. The molecule has 0 aliphatic carbocycles. The number of hydrogen-bond donors (Lipinski definition) is 1. The Morgan fingerprint density at radius 1 is 1.17 bits per heavy atom. The first-order chi connectivity index (χ1) is 8.51. The van der Waals surface area contributed by atoms with Crippen molar-refractivity contribution in [1.29, 1.82) is 0 Å². The summed E-state index contributed by atoms with van der Waals surface area (Å²) in [6.45, 7) is 10.2. The van der Waals surface area contributed by atoms with Crippen LogP contribution in [0.2, 0.25) is 0 Å². The minimum Gasteiger partial charge on any atom is -0.313 e. The zero-order valence-corrected chi connectivity index (χ0v) is 13.0. The maximum absolute atomic E-state index is 3.67.